The van der Waals surface area contributed by atoms with E-state index in [1.165, 1.54) is 0 Å². The van der Waals surface area contributed by atoms with E-state index in [9.17, 15) is 76.7 Å². The Hall–Kier alpha value is -6.44. The van der Waals surface area contributed by atoms with E-state index in [4.69, 9.17) is 37.9 Å². The maximum Gasteiger partial charge on any atom is 0.490 e. The van der Waals surface area contributed by atoms with E-state index < -0.39 is 145 Å². The zero-order valence-corrected chi connectivity index (χ0v) is 39.6. The molecule has 0 aliphatic heterocycles. The van der Waals surface area contributed by atoms with Gasteiger partial charge in [0.15, 0.2) is 12.1 Å². The monoisotopic (exact) mass is 1020 g/mol. The van der Waals surface area contributed by atoms with E-state index in [1.54, 1.807) is 46.9 Å². The molecular formula is C39H69F3N12O16. The fourth-order valence-corrected chi connectivity index (χ4v) is 5.59. The van der Waals surface area contributed by atoms with E-state index in [0.717, 1.165) is 6.92 Å². The van der Waals surface area contributed by atoms with Gasteiger partial charge in [-0.25, -0.2) is 9.59 Å². The lowest BCUT2D eigenvalue weighted by molar-refractivity contribution is -0.192. The molecule has 0 aliphatic rings. The summed E-state index contributed by atoms with van der Waals surface area (Å²) in [5.41, 5.74) is 21.8. The molecule has 0 saturated heterocycles. The van der Waals surface area contributed by atoms with E-state index in [1.807, 2.05) is 5.32 Å². The Bertz CT molecular complexity index is 1820. The van der Waals surface area contributed by atoms with Crippen LogP contribution in [0.15, 0.2) is 4.99 Å². The number of hydrogen-bond donors (Lipinski definition) is 17. The van der Waals surface area contributed by atoms with Crippen LogP contribution in [0.1, 0.15) is 74.1 Å². The van der Waals surface area contributed by atoms with Gasteiger partial charge in [-0.3, -0.25) is 43.3 Å². The van der Waals surface area contributed by atoms with Crippen LogP contribution in [-0.2, 0) is 47.9 Å². The Labute approximate surface area is 400 Å². The highest BCUT2D eigenvalue weighted by Crippen LogP contribution is 2.14. The number of halogens is 3. The Morgan fingerprint density at radius 1 is 0.657 bits per heavy atom. The molecule has 0 radical (unpaired) electrons. The first-order chi connectivity index (χ1) is 32.1. The number of carbonyl (C=O) groups is 10. The first-order valence-corrected chi connectivity index (χ1v) is 21.5. The van der Waals surface area contributed by atoms with Gasteiger partial charge in [0.25, 0.3) is 0 Å². The number of carboxylic acids is 2. The van der Waals surface area contributed by atoms with Crippen molar-refractivity contribution in [2.24, 2.45) is 45.7 Å². The molecule has 0 heterocycles. The number of primary amides is 1. The number of nitrogens with two attached hydrogens (primary N) is 4. The molecule has 0 aliphatic carbocycles. The molecule has 0 saturated carbocycles. The Kier molecular flexibility index (Phi) is 29.7. The van der Waals surface area contributed by atoms with Gasteiger partial charge in [-0.2, -0.15) is 13.2 Å². The van der Waals surface area contributed by atoms with Crippen molar-refractivity contribution >= 4 is 65.2 Å². The first-order valence-electron chi connectivity index (χ1n) is 21.5. The minimum absolute atomic E-state index is 0.0447. The smallest absolute Gasteiger partial charge is 0.480 e. The molecule has 21 N–H and O–H groups in total. The number of aliphatic hydroxyl groups is 4. The van der Waals surface area contributed by atoms with Crippen molar-refractivity contribution in [1.29, 1.82) is 0 Å². The van der Waals surface area contributed by atoms with Gasteiger partial charge in [-0.05, 0) is 43.9 Å². The number of amides is 8. The van der Waals surface area contributed by atoms with Gasteiger partial charge in [-0.15, -0.1) is 0 Å². The predicted molar refractivity (Wildman–Crippen MR) is 238 cm³/mol. The van der Waals surface area contributed by atoms with Crippen LogP contribution < -0.4 is 60.2 Å². The second-order valence-corrected chi connectivity index (χ2v) is 16.6. The van der Waals surface area contributed by atoms with Crippen molar-refractivity contribution in [1.82, 2.24) is 37.2 Å². The van der Waals surface area contributed by atoms with Gasteiger partial charge in [0, 0.05) is 6.54 Å². The number of hydrogen-bond acceptors (Lipinski definition) is 16. The zero-order chi connectivity index (χ0) is 55.0. The minimum Gasteiger partial charge on any atom is -0.480 e. The molecule has 70 heavy (non-hydrogen) atoms. The van der Waals surface area contributed by atoms with E-state index in [0.29, 0.717) is 0 Å². The molecule has 1 unspecified atom stereocenters. The second-order valence-electron chi connectivity index (χ2n) is 16.6. The molecule has 28 nitrogen and oxygen atoms in total. The minimum atomic E-state index is -5.08. The molecule has 0 spiro atoms. The number of alkyl halides is 3. The largest absolute Gasteiger partial charge is 0.490 e. The summed E-state index contributed by atoms with van der Waals surface area (Å²) in [6.07, 6.45) is -9.85. The van der Waals surface area contributed by atoms with Crippen LogP contribution in [0.3, 0.4) is 0 Å². The fraction of sp³-hybridized carbons (Fsp3) is 0.718. The van der Waals surface area contributed by atoms with Crippen molar-refractivity contribution in [2.45, 2.75) is 141 Å². The van der Waals surface area contributed by atoms with Gasteiger partial charge in [0.1, 0.15) is 42.3 Å². The quantitative estimate of drug-likeness (QED) is 0.0188. The molecule has 0 aromatic carbocycles. The van der Waals surface area contributed by atoms with Crippen LogP contribution in [0.25, 0.3) is 0 Å². The van der Waals surface area contributed by atoms with Gasteiger partial charge < -0.3 is 90.8 Å². The number of aliphatic hydroxyl groups excluding tert-OH is 4. The molecule has 0 aromatic heterocycles. The average Bonchev–Trinajstić information content (AvgIpc) is 3.25. The SMILES string of the molecule is CC[C@H](C)C(NC(=O)[C@@H](CCCN=C(N)N)NC(=O)[C@H](CC(C)C)NC(=O)[C@@H](N)[C@H](O)C(C)C)C(=O)N[C@H](C(=O)NCC(=O)N[C@H](C(=O)N[C@@H](CO)C(=O)O)[C@H](O)C(N)=O)[C@H](C)O.O=C(O)C(F)(F)F. The molecule has 0 fully saturated rings. The summed E-state index contributed by atoms with van der Waals surface area (Å²) >= 11 is 0. The Balaban J connectivity index is 0. The molecule has 31 heteroatoms. The third kappa shape index (κ3) is 24.7. The third-order valence-electron chi connectivity index (χ3n) is 9.80. The van der Waals surface area contributed by atoms with Gasteiger partial charge >= 0.3 is 18.1 Å². The normalized spacial score (nSPS) is 16.0. The average molecular weight is 1020 g/mol. The lowest BCUT2D eigenvalue weighted by Gasteiger charge is -2.30. The van der Waals surface area contributed by atoms with Gasteiger partial charge in [0.05, 0.1) is 25.4 Å². The number of rotatable bonds is 29. The lowest BCUT2D eigenvalue weighted by Crippen LogP contribution is -2.62. The summed E-state index contributed by atoms with van der Waals surface area (Å²) < 4.78 is 31.7. The zero-order valence-electron chi connectivity index (χ0n) is 39.6. The van der Waals surface area contributed by atoms with Crippen LogP contribution in [0, 0.1) is 17.8 Å². The highest BCUT2D eigenvalue weighted by atomic mass is 19.4. The van der Waals surface area contributed by atoms with Crippen LogP contribution in [-0.4, -0.2) is 182 Å². The van der Waals surface area contributed by atoms with Crippen LogP contribution >= 0.6 is 0 Å². The number of nitrogens with one attached hydrogen (secondary N) is 7. The highest BCUT2D eigenvalue weighted by molar-refractivity contribution is 5.98. The summed E-state index contributed by atoms with van der Waals surface area (Å²) in [5.74, 6) is -14.6. The second kappa shape index (κ2) is 31.6. The maximum absolute atomic E-state index is 13.9. The Morgan fingerprint density at radius 2 is 1.14 bits per heavy atom. The third-order valence-corrected chi connectivity index (χ3v) is 9.80. The van der Waals surface area contributed by atoms with E-state index in [2.05, 4.69) is 31.6 Å². The van der Waals surface area contributed by atoms with Crippen molar-refractivity contribution in [3.05, 3.63) is 0 Å². The fourth-order valence-electron chi connectivity index (χ4n) is 5.59. The summed E-state index contributed by atoms with van der Waals surface area (Å²) in [6.45, 7) is 9.24. The standard InChI is InChI=1S/C37H68N12O14.C2HF3O2/c1-8-17(6)24(34(60)49-25(18(7)51)33(59)43-13-22(52)47-26(28(54)29(39)55)35(61)46-21(14-50)36(62)63)48-30(56)19(10-9-11-42-37(40)41)44-31(57)20(12-15(2)3)45-32(58)23(38)27(53)16(4)5;3-2(4,5)1(6)7/h15-21,23-28,50-51,53-54H,8-14,38H2,1-7H3,(H2,39,55)(H,43,59)(H,44,57)(H,45,58)(H,46,61)(H,47,52)(H,48,56)(H,49,60)(H,62,63)(H4,40,41,42);(H,6,7)/t17-,18-,19+,20-,21-,23-,24?,25-,26-,27+,28-;/m0./s1. The lowest BCUT2D eigenvalue weighted by atomic mass is 9.96. The van der Waals surface area contributed by atoms with Gasteiger partial charge in [0.2, 0.25) is 47.3 Å². The van der Waals surface area contributed by atoms with Crippen LogP contribution in [0.2, 0.25) is 0 Å². The topological polar surface area (TPSA) is 493 Å². The Morgan fingerprint density at radius 3 is 1.57 bits per heavy atom. The molecular weight excluding hydrogens is 949 g/mol. The summed E-state index contributed by atoms with van der Waals surface area (Å²) in [6, 6.07) is -11.2. The number of aliphatic carboxylic acids is 2. The van der Waals surface area contributed by atoms with E-state index in [-0.39, 0.29) is 50.0 Å². The summed E-state index contributed by atoms with van der Waals surface area (Å²) in [5, 5.41) is 72.2. The number of carbonyl (C=O) groups excluding carboxylic acids is 8. The summed E-state index contributed by atoms with van der Waals surface area (Å²) in [4.78, 5) is 129. The van der Waals surface area contributed by atoms with Crippen molar-refractivity contribution in [3.8, 4) is 0 Å². The highest BCUT2D eigenvalue weighted by Gasteiger charge is 2.39. The molecule has 11 atom stereocenters. The number of carboxylic acid groups (broad SMARTS) is 2. The summed E-state index contributed by atoms with van der Waals surface area (Å²) in [7, 11) is 0. The molecule has 402 valence electrons. The first kappa shape index (κ1) is 65.6. The van der Waals surface area contributed by atoms with Crippen LogP contribution in [0.5, 0.6) is 0 Å². The van der Waals surface area contributed by atoms with E-state index >= 15 is 0 Å². The van der Waals surface area contributed by atoms with Crippen molar-refractivity contribution in [3.63, 3.8) is 0 Å². The molecule has 0 rings (SSSR count). The molecule has 0 aromatic rings. The predicted octanol–water partition coefficient (Wildman–Crippen LogP) is -6.56. The van der Waals surface area contributed by atoms with Gasteiger partial charge in [-0.1, -0.05) is 48.0 Å². The number of aliphatic imine (C=N–C) groups is 1. The molecule has 0 bridgehead atoms. The number of nitrogens with zero attached hydrogens (tertiary/aromatic N) is 1. The van der Waals surface area contributed by atoms with Crippen LogP contribution in [0.4, 0.5) is 13.2 Å². The van der Waals surface area contributed by atoms with Crippen molar-refractivity contribution < 1.29 is 91.8 Å². The molecule has 8 amide bonds. The van der Waals surface area contributed by atoms with Crippen molar-refractivity contribution in [2.75, 3.05) is 19.7 Å². The maximum atomic E-state index is 13.9. The number of guanidine groups is 1.